The van der Waals surface area contributed by atoms with Crippen molar-refractivity contribution in [3.63, 3.8) is 0 Å². The number of unbranched alkanes of at least 4 members (excludes halogenated alkanes) is 1. The van der Waals surface area contributed by atoms with Crippen LogP contribution in [0.15, 0.2) is 54.6 Å². The molecule has 0 saturated heterocycles. The van der Waals surface area contributed by atoms with E-state index in [-0.39, 0.29) is 12.5 Å². The average molecular weight is 488 g/mol. The van der Waals surface area contributed by atoms with Crippen molar-refractivity contribution in [1.29, 1.82) is 0 Å². The van der Waals surface area contributed by atoms with Gasteiger partial charge in [-0.3, -0.25) is 0 Å². The Balaban J connectivity index is 1.82. The average Bonchev–Trinajstić information content (AvgIpc) is 2.86. The van der Waals surface area contributed by atoms with Crippen LogP contribution < -0.4 is 9.47 Å². The summed E-state index contributed by atoms with van der Waals surface area (Å²) in [4.78, 5) is 25.4. The van der Waals surface area contributed by atoms with Gasteiger partial charge in [-0.1, -0.05) is 43.7 Å². The lowest BCUT2D eigenvalue weighted by molar-refractivity contribution is -0.149. The molecule has 2 aromatic carbocycles. The summed E-state index contributed by atoms with van der Waals surface area (Å²) in [5.74, 6) is 0.461. The van der Waals surface area contributed by atoms with Crippen LogP contribution in [0.4, 0.5) is 4.79 Å². The van der Waals surface area contributed by atoms with E-state index in [1.165, 1.54) is 0 Å². The van der Waals surface area contributed by atoms with Crippen LogP contribution in [0, 0.1) is 0 Å². The second-order valence-electron chi connectivity index (χ2n) is 7.95. The minimum Gasteiger partial charge on any atom is -0.494 e. The van der Waals surface area contributed by atoms with E-state index in [9.17, 15) is 14.7 Å². The van der Waals surface area contributed by atoms with Gasteiger partial charge in [0.1, 0.15) is 18.1 Å². The molecule has 0 aliphatic rings. The van der Waals surface area contributed by atoms with Crippen molar-refractivity contribution in [2.24, 2.45) is 0 Å². The number of para-hydroxylation sites is 1. The summed E-state index contributed by atoms with van der Waals surface area (Å²) in [6.45, 7) is 6.22. The predicted octanol–water partition coefficient (Wildman–Crippen LogP) is 4.81. The van der Waals surface area contributed by atoms with E-state index >= 15 is 0 Å². The number of ether oxygens (including phenoxy) is 4. The normalized spacial score (nSPS) is 11.5. The molecule has 1 N–H and O–H groups in total. The first-order valence-corrected chi connectivity index (χ1v) is 12.2. The van der Waals surface area contributed by atoms with Crippen LogP contribution in [0.1, 0.15) is 38.7 Å². The SMILES string of the molecule is CCCCOC(=O)N(CCCOc1ccccc1)CCOc1ccc(CC(OCC)C(=O)O)cc1. The Labute approximate surface area is 207 Å². The van der Waals surface area contributed by atoms with Crippen molar-refractivity contribution in [2.75, 3.05) is 39.5 Å². The fourth-order valence-electron chi connectivity index (χ4n) is 3.28. The van der Waals surface area contributed by atoms with Crippen LogP contribution in [-0.2, 0) is 20.7 Å². The summed E-state index contributed by atoms with van der Waals surface area (Å²) in [6, 6.07) is 16.8. The molecule has 0 aliphatic carbocycles. The highest BCUT2D eigenvalue weighted by Crippen LogP contribution is 2.15. The summed E-state index contributed by atoms with van der Waals surface area (Å²) in [7, 11) is 0. The van der Waals surface area contributed by atoms with E-state index in [1.54, 1.807) is 24.0 Å². The van der Waals surface area contributed by atoms with Gasteiger partial charge in [0.2, 0.25) is 0 Å². The van der Waals surface area contributed by atoms with Crippen LogP contribution in [0.5, 0.6) is 11.5 Å². The molecule has 0 spiro atoms. The Morgan fingerprint density at radius 1 is 0.857 bits per heavy atom. The Bertz CT molecular complexity index is 858. The number of rotatable bonds is 17. The van der Waals surface area contributed by atoms with Gasteiger partial charge in [0.25, 0.3) is 0 Å². The Morgan fingerprint density at radius 2 is 1.54 bits per heavy atom. The molecule has 0 aliphatic heterocycles. The monoisotopic (exact) mass is 487 g/mol. The minimum absolute atomic E-state index is 0.284. The Kier molecular flexibility index (Phi) is 13.1. The molecule has 0 aromatic heterocycles. The predicted molar refractivity (Wildman–Crippen MR) is 133 cm³/mol. The van der Waals surface area contributed by atoms with Crippen LogP contribution in [0.25, 0.3) is 0 Å². The number of carbonyl (C=O) groups is 2. The van der Waals surface area contributed by atoms with Gasteiger partial charge in [0.15, 0.2) is 6.10 Å². The van der Waals surface area contributed by atoms with Gasteiger partial charge in [-0.25, -0.2) is 9.59 Å². The molecule has 1 unspecified atom stereocenters. The van der Waals surface area contributed by atoms with E-state index in [0.717, 1.165) is 24.2 Å². The molecule has 2 aromatic rings. The van der Waals surface area contributed by atoms with Crippen molar-refractivity contribution in [1.82, 2.24) is 4.90 Å². The number of benzene rings is 2. The lowest BCUT2D eigenvalue weighted by Gasteiger charge is -2.22. The highest BCUT2D eigenvalue weighted by atomic mass is 16.6. The van der Waals surface area contributed by atoms with Crippen molar-refractivity contribution < 1.29 is 33.6 Å². The molecular weight excluding hydrogens is 450 g/mol. The van der Waals surface area contributed by atoms with Crippen molar-refractivity contribution in [3.8, 4) is 11.5 Å². The molecule has 0 heterocycles. The molecule has 1 atom stereocenters. The van der Waals surface area contributed by atoms with E-state index in [0.29, 0.717) is 51.7 Å². The molecular formula is C27H37NO7. The lowest BCUT2D eigenvalue weighted by atomic mass is 10.1. The Hall–Kier alpha value is -3.26. The number of amides is 1. The Morgan fingerprint density at radius 3 is 2.20 bits per heavy atom. The summed E-state index contributed by atoms with van der Waals surface area (Å²) >= 11 is 0. The molecule has 192 valence electrons. The van der Waals surface area contributed by atoms with Gasteiger partial charge in [0, 0.05) is 19.6 Å². The topological polar surface area (TPSA) is 94.5 Å². The molecule has 0 bridgehead atoms. The molecule has 1 amide bonds. The summed E-state index contributed by atoms with van der Waals surface area (Å²) in [5, 5.41) is 9.24. The van der Waals surface area contributed by atoms with Gasteiger partial charge < -0.3 is 29.0 Å². The summed E-state index contributed by atoms with van der Waals surface area (Å²) < 4.78 is 22.2. The zero-order chi connectivity index (χ0) is 25.3. The molecule has 8 heteroatoms. The van der Waals surface area contributed by atoms with Crippen LogP contribution in [0.3, 0.4) is 0 Å². The summed E-state index contributed by atoms with van der Waals surface area (Å²) in [6.07, 6.45) is 1.50. The van der Waals surface area contributed by atoms with Gasteiger partial charge >= 0.3 is 12.1 Å². The number of carboxylic acids is 1. The second-order valence-corrected chi connectivity index (χ2v) is 7.95. The molecule has 0 saturated carbocycles. The number of hydrogen-bond acceptors (Lipinski definition) is 6. The van der Waals surface area contributed by atoms with Gasteiger partial charge in [-0.2, -0.15) is 0 Å². The maximum Gasteiger partial charge on any atom is 0.409 e. The molecule has 0 radical (unpaired) electrons. The maximum atomic E-state index is 12.5. The molecule has 8 nitrogen and oxygen atoms in total. The largest absolute Gasteiger partial charge is 0.494 e. The third-order valence-corrected chi connectivity index (χ3v) is 5.18. The molecule has 35 heavy (non-hydrogen) atoms. The minimum atomic E-state index is -0.979. The first kappa shape index (κ1) is 28.0. The third-order valence-electron chi connectivity index (χ3n) is 5.18. The highest BCUT2D eigenvalue weighted by Gasteiger charge is 2.18. The molecule has 2 rings (SSSR count). The lowest BCUT2D eigenvalue weighted by Crippen LogP contribution is -2.36. The third kappa shape index (κ3) is 11.1. The van der Waals surface area contributed by atoms with Crippen LogP contribution >= 0.6 is 0 Å². The highest BCUT2D eigenvalue weighted by molar-refractivity contribution is 5.72. The smallest absolute Gasteiger partial charge is 0.409 e. The number of carboxylic acid groups (broad SMARTS) is 1. The maximum absolute atomic E-state index is 12.5. The fourth-order valence-corrected chi connectivity index (χ4v) is 3.28. The number of nitrogens with zero attached hydrogens (tertiary/aromatic N) is 1. The van der Waals surface area contributed by atoms with Crippen molar-refractivity contribution in [3.05, 3.63) is 60.2 Å². The second kappa shape index (κ2) is 16.4. The van der Waals surface area contributed by atoms with Gasteiger partial charge in [-0.05, 0) is 49.6 Å². The van der Waals surface area contributed by atoms with Crippen LogP contribution in [0.2, 0.25) is 0 Å². The number of aliphatic carboxylic acids is 1. The van der Waals surface area contributed by atoms with E-state index in [4.69, 9.17) is 18.9 Å². The first-order chi connectivity index (χ1) is 17.0. The van der Waals surface area contributed by atoms with E-state index in [1.807, 2.05) is 49.4 Å². The standard InChI is InChI=1S/C27H37NO7/c1-3-5-18-35-27(31)28(16-9-19-33-23-10-7-6-8-11-23)17-20-34-24-14-12-22(13-15-24)21-25(26(29)30)32-4-2/h6-8,10-15,25H,3-5,9,16-21H2,1-2H3,(H,29,30). The van der Waals surface area contributed by atoms with E-state index < -0.39 is 12.1 Å². The van der Waals surface area contributed by atoms with Crippen molar-refractivity contribution >= 4 is 12.1 Å². The molecule has 0 fully saturated rings. The first-order valence-electron chi connectivity index (χ1n) is 12.2. The van der Waals surface area contributed by atoms with E-state index in [2.05, 4.69) is 0 Å². The zero-order valence-corrected chi connectivity index (χ0v) is 20.7. The van der Waals surface area contributed by atoms with Gasteiger partial charge in [0.05, 0.1) is 19.8 Å². The summed E-state index contributed by atoms with van der Waals surface area (Å²) in [5.41, 5.74) is 0.845. The zero-order valence-electron chi connectivity index (χ0n) is 20.7. The van der Waals surface area contributed by atoms with Gasteiger partial charge in [-0.15, -0.1) is 0 Å². The van der Waals surface area contributed by atoms with Crippen LogP contribution in [-0.4, -0.2) is 67.7 Å². The quantitative estimate of drug-likeness (QED) is 0.320. The number of carbonyl (C=O) groups excluding carboxylic acids is 1. The van der Waals surface area contributed by atoms with Crippen molar-refractivity contribution in [2.45, 2.75) is 45.6 Å². The fraction of sp³-hybridized carbons (Fsp3) is 0.481. The number of hydrogen-bond donors (Lipinski definition) is 1.